The van der Waals surface area contributed by atoms with Gasteiger partial charge in [0.25, 0.3) is 0 Å². The Morgan fingerprint density at radius 3 is 2.89 bits per heavy atom. The zero-order valence-electron chi connectivity index (χ0n) is 9.35. The lowest BCUT2D eigenvalue weighted by Gasteiger charge is -1.97. The fourth-order valence-corrected chi connectivity index (χ4v) is 2.22. The Kier molecular flexibility index (Phi) is 2.61. The van der Waals surface area contributed by atoms with Gasteiger partial charge >= 0.3 is 0 Å². The molecule has 88 valence electrons. The monoisotopic (exact) mass is 256 g/mol. The van der Waals surface area contributed by atoms with E-state index in [1.54, 1.807) is 24.5 Å². The van der Waals surface area contributed by atoms with Gasteiger partial charge in [0.1, 0.15) is 0 Å². The van der Waals surface area contributed by atoms with Crippen molar-refractivity contribution in [1.82, 2.24) is 9.97 Å². The van der Waals surface area contributed by atoms with Crippen LogP contribution in [0, 0.1) is 0 Å². The maximum Gasteiger partial charge on any atom is 0.152 e. The zero-order chi connectivity index (χ0) is 12.5. The first kappa shape index (κ1) is 11.0. The molecule has 1 aromatic carbocycles. The summed E-state index contributed by atoms with van der Waals surface area (Å²) in [6, 6.07) is 9.19. The summed E-state index contributed by atoms with van der Waals surface area (Å²) in [5.41, 5.74) is 3.16. The summed E-state index contributed by atoms with van der Waals surface area (Å²) in [5.74, 6) is 0. The molecule has 0 unspecified atom stereocenters. The van der Waals surface area contributed by atoms with Crippen molar-refractivity contribution >= 4 is 28.8 Å². The molecule has 0 spiro atoms. The number of carbonyl (C=O) groups is 1. The molecule has 0 saturated heterocycles. The third kappa shape index (κ3) is 1.69. The number of aldehydes is 1. The van der Waals surface area contributed by atoms with Crippen LogP contribution in [0.25, 0.3) is 22.2 Å². The molecule has 2 heterocycles. The van der Waals surface area contributed by atoms with Crippen molar-refractivity contribution < 1.29 is 4.79 Å². The second-order valence-corrected chi connectivity index (χ2v) is 4.40. The quantitative estimate of drug-likeness (QED) is 0.711. The number of benzene rings is 1. The highest BCUT2D eigenvalue weighted by atomic mass is 35.5. The van der Waals surface area contributed by atoms with Crippen LogP contribution in [0.5, 0.6) is 0 Å². The number of pyridine rings is 1. The Morgan fingerprint density at radius 2 is 2.17 bits per heavy atom. The summed E-state index contributed by atoms with van der Waals surface area (Å²) < 4.78 is 0. The van der Waals surface area contributed by atoms with E-state index in [2.05, 4.69) is 9.97 Å². The fourth-order valence-electron chi connectivity index (χ4n) is 2.05. The van der Waals surface area contributed by atoms with E-state index in [1.807, 2.05) is 18.2 Å². The van der Waals surface area contributed by atoms with Gasteiger partial charge < -0.3 is 4.98 Å². The highest BCUT2D eigenvalue weighted by Crippen LogP contribution is 2.30. The summed E-state index contributed by atoms with van der Waals surface area (Å²) in [6.45, 7) is 0. The van der Waals surface area contributed by atoms with Crippen LogP contribution >= 0.6 is 11.6 Å². The lowest BCUT2D eigenvalue weighted by Crippen LogP contribution is -1.84. The number of aromatic amines is 1. The summed E-state index contributed by atoms with van der Waals surface area (Å²) >= 11 is 5.96. The van der Waals surface area contributed by atoms with Crippen LogP contribution in [0.2, 0.25) is 5.02 Å². The van der Waals surface area contributed by atoms with Crippen LogP contribution in [0.3, 0.4) is 0 Å². The van der Waals surface area contributed by atoms with Gasteiger partial charge in [0.15, 0.2) is 6.29 Å². The predicted octanol–water partition coefficient (Wildman–Crippen LogP) is 3.70. The first-order chi connectivity index (χ1) is 8.79. The standard InChI is InChI=1S/C14H9ClN2O/c15-10-3-4-13-11(6-10)12(8-18)14(17-13)9-2-1-5-16-7-9/h1-8,17H. The number of nitrogens with zero attached hydrogens (tertiary/aromatic N) is 1. The molecule has 0 fully saturated rings. The second kappa shape index (κ2) is 4.27. The third-order valence-electron chi connectivity index (χ3n) is 2.87. The number of aromatic nitrogens is 2. The molecule has 3 nitrogen and oxygen atoms in total. The number of carbonyl (C=O) groups excluding carboxylic acids is 1. The van der Waals surface area contributed by atoms with Gasteiger partial charge in [0.2, 0.25) is 0 Å². The molecule has 0 radical (unpaired) electrons. The van der Waals surface area contributed by atoms with Gasteiger partial charge in [-0.05, 0) is 30.3 Å². The SMILES string of the molecule is O=Cc1c(-c2cccnc2)[nH]c2ccc(Cl)cc12. The molecule has 0 aliphatic carbocycles. The van der Waals surface area contributed by atoms with Crippen LogP contribution in [-0.4, -0.2) is 16.3 Å². The lowest BCUT2D eigenvalue weighted by atomic mass is 10.1. The molecular weight excluding hydrogens is 248 g/mol. The molecule has 0 bridgehead atoms. The highest BCUT2D eigenvalue weighted by Gasteiger charge is 2.12. The highest BCUT2D eigenvalue weighted by molar-refractivity contribution is 6.31. The molecule has 2 aromatic heterocycles. The summed E-state index contributed by atoms with van der Waals surface area (Å²) in [6.07, 6.45) is 4.26. The molecule has 3 aromatic rings. The van der Waals surface area contributed by atoms with Crippen molar-refractivity contribution in [2.45, 2.75) is 0 Å². The van der Waals surface area contributed by atoms with E-state index in [0.717, 1.165) is 28.4 Å². The van der Waals surface area contributed by atoms with Gasteiger partial charge in [0, 0.05) is 39.4 Å². The van der Waals surface area contributed by atoms with E-state index in [9.17, 15) is 4.79 Å². The molecular formula is C14H9ClN2O. The molecule has 0 aliphatic rings. The summed E-state index contributed by atoms with van der Waals surface area (Å²) in [5, 5.41) is 1.44. The van der Waals surface area contributed by atoms with E-state index < -0.39 is 0 Å². The van der Waals surface area contributed by atoms with Crippen molar-refractivity contribution in [2.75, 3.05) is 0 Å². The average Bonchev–Trinajstić information content (AvgIpc) is 2.77. The smallest absolute Gasteiger partial charge is 0.152 e. The number of halogens is 1. The van der Waals surface area contributed by atoms with Gasteiger partial charge in [-0.1, -0.05) is 11.6 Å². The minimum Gasteiger partial charge on any atom is -0.354 e. The topological polar surface area (TPSA) is 45.8 Å². The van der Waals surface area contributed by atoms with E-state index >= 15 is 0 Å². The Labute approximate surface area is 108 Å². The van der Waals surface area contributed by atoms with E-state index in [0.29, 0.717) is 10.6 Å². The number of H-pyrrole nitrogens is 1. The molecule has 1 N–H and O–H groups in total. The van der Waals surface area contributed by atoms with Crippen molar-refractivity contribution in [2.24, 2.45) is 0 Å². The Morgan fingerprint density at radius 1 is 1.28 bits per heavy atom. The maximum atomic E-state index is 11.3. The van der Waals surface area contributed by atoms with Crippen LogP contribution in [0.15, 0.2) is 42.7 Å². The number of hydrogen-bond donors (Lipinski definition) is 1. The number of hydrogen-bond acceptors (Lipinski definition) is 2. The third-order valence-corrected chi connectivity index (χ3v) is 3.10. The fraction of sp³-hybridized carbons (Fsp3) is 0. The molecule has 0 saturated carbocycles. The van der Waals surface area contributed by atoms with Gasteiger partial charge in [0.05, 0.1) is 5.69 Å². The lowest BCUT2D eigenvalue weighted by molar-refractivity contribution is 0.112. The van der Waals surface area contributed by atoms with Crippen molar-refractivity contribution in [1.29, 1.82) is 0 Å². The Hall–Kier alpha value is -2.13. The normalized spacial score (nSPS) is 10.7. The van der Waals surface area contributed by atoms with Gasteiger partial charge in [-0.2, -0.15) is 0 Å². The van der Waals surface area contributed by atoms with E-state index in [4.69, 9.17) is 11.6 Å². The first-order valence-electron chi connectivity index (χ1n) is 5.46. The zero-order valence-corrected chi connectivity index (χ0v) is 10.1. The van der Waals surface area contributed by atoms with Gasteiger partial charge in [-0.3, -0.25) is 9.78 Å². The van der Waals surface area contributed by atoms with E-state index in [1.165, 1.54) is 0 Å². The Balaban J connectivity index is 2.33. The second-order valence-electron chi connectivity index (χ2n) is 3.96. The molecule has 0 aliphatic heterocycles. The minimum absolute atomic E-state index is 0.612. The van der Waals surface area contributed by atoms with Crippen LogP contribution in [0.4, 0.5) is 0 Å². The minimum atomic E-state index is 0.612. The largest absolute Gasteiger partial charge is 0.354 e. The molecule has 3 rings (SSSR count). The van der Waals surface area contributed by atoms with E-state index in [-0.39, 0.29) is 0 Å². The van der Waals surface area contributed by atoms with Crippen molar-refractivity contribution in [3.05, 3.63) is 53.3 Å². The van der Waals surface area contributed by atoms with Crippen molar-refractivity contribution in [3.8, 4) is 11.3 Å². The number of rotatable bonds is 2. The van der Waals surface area contributed by atoms with Crippen LogP contribution in [0.1, 0.15) is 10.4 Å². The van der Waals surface area contributed by atoms with Crippen LogP contribution in [-0.2, 0) is 0 Å². The Bertz CT molecular complexity index is 719. The van der Waals surface area contributed by atoms with Crippen molar-refractivity contribution in [3.63, 3.8) is 0 Å². The summed E-state index contributed by atoms with van der Waals surface area (Å²) in [4.78, 5) is 18.6. The maximum absolute atomic E-state index is 11.3. The summed E-state index contributed by atoms with van der Waals surface area (Å²) in [7, 11) is 0. The number of nitrogens with one attached hydrogen (secondary N) is 1. The average molecular weight is 257 g/mol. The molecule has 18 heavy (non-hydrogen) atoms. The predicted molar refractivity (Wildman–Crippen MR) is 71.9 cm³/mol. The number of fused-ring (bicyclic) bond motifs is 1. The van der Waals surface area contributed by atoms with Gasteiger partial charge in [-0.15, -0.1) is 0 Å². The first-order valence-corrected chi connectivity index (χ1v) is 5.84. The van der Waals surface area contributed by atoms with Crippen LogP contribution < -0.4 is 0 Å². The molecule has 0 amide bonds. The van der Waals surface area contributed by atoms with Gasteiger partial charge in [-0.25, -0.2) is 0 Å². The molecule has 0 atom stereocenters. The molecule has 4 heteroatoms.